The summed E-state index contributed by atoms with van der Waals surface area (Å²) in [6.45, 7) is 5.43. The van der Waals surface area contributed by atoms with Crippen molar-refractivity contribution >= 4 is 40.1 Å². The number of hydrogen-bond donors (Lipinski definition) is 4. The van der Waals surface area contributed by atoms with Crippen molar-refractivity contribution in [3.05, 3.63) is 70.7 Å². The molecular formula is C25H21F3N4O6. The van der Waals surface area contributed by atoms with Crippen molar-refractivity contribution < 1.29 is 42.3 Å². The summed E-state index contributed by atoms with van der Waals surface area (Å²) in [6.07, 6.45) is -3.67. The highest BCUT2D eigenvalue weighted by Crippen LogP contribution is 2.34. The van der Waals surface area contributed by atoms with Gasteiger partial charge in [0.15, 0.2) is 0 Å². The molecule has 0 aliphatic carbocycles. The first-order valence-corrected chi connectivity index (χ1v) is 10.8. The van der Waals surface area contributed by atoms with E-state index in [9.17, 15) is 27.9 Å². The van der Waals surface area contributed by atoms with Crippen LogP contribution in [0.15, 0.2) is 47.1 Å². The number of carboxylic acids is 2. The van der Waals surface area contributed by atoms with Crippen LogP contribution < -0.4 is 11.1 Å². The van der Waals surface area contributed by atoms with Crippen LogP contribution >= 0.6 is 0 Å². The van der Waals surface area contributed by atoms with Gasteiger partial charge >= 0.3 is 18.1 Å². The molecule has 0 spiro atoms. The average molecular weight is 530 g/mol. The van der Waals surface area contributed by atoms with Crippen LogP contribution in [-0.4, -0.2) is 44.4 Å². The first kappa shape index (κ1) is 27.6. The number of nitrogens with one attached hydrogen (secondary N) is 1. The maximum atomic E-state index is 12.1. The highest BCUT2D eigenvalue weighted by atomic mass is 19.4. The van der Waals surface area contributed by atoms with Gasteiger partial charge in [-0.25, -0.2) is 9.59 Å². The third-order valence-electron chi connectivity index (χ3n) is 5.44. The van der Waals surface area contributed by atoms with E-state index in [4.69, 9.17) is 20.2 Å². The lowest BCUT2D eigenvalue weighted by Gasteiger charge is -2.15. The fourth-order valence-corrected chi connectivity index (χ4v) is 3.64. The van der Waals surface area contributed by atoms with Gasteiger partial charge in [0.05, 0.1) is 28.0 Å². The Bertz CT molecular complexity index is 1540. The molecule has 198 valence electrons. The number of carboxylic acid groups (broad SMARTS) is 2. The van der Waals surface area contributed by atoms with Crippen molar-refractivity contribution in [1.82, 2.24) is 10.1 Å². The first-order chi connectivity index (χ1) is 17.7. The molecule has 0 saturated carbocycles. The van der Waals surface area contributed by atoms with Crippen LogP contribution in [0.1, 0.15) is 37.7 Å². The van der Waals surface area contributed by atoms with Crippen molar-refractivity contribution in [1.29, 1.82) is 0 Å². The van der Waals surface area contributed by atoms with Gasteiger partial charge in [0.25, 0.3) is 5.91 Å². The zero-order valence-corrected chi connectivity index (χ0v) is 20.2. The van der Waals surface area contributed by atoms with E-state index in [1.165, 1.54) is 12.3 Å². The van der Waals surface area contributed by atoms with Crippen molar-refractivity contribution in [2.24, 2.45) is 5.73 Å². The SMILES string of the molecule is Cc1ccc(Nc2c(C(N)=O)cnc3cc(-c4c(C)noc4C)ccc23)cc1C(=O)O.O=C(O)C(F)(F)F. The molecule has 1 amide bonds. The number of pyridine rings is 1. The second-order valence-electron chi connectivity index (χ2n) is 8.10. The Morgan fingerprint density at radius 3 is 2.18 bits per heavy atom. The number of nitrogens with two attached hydrogens (primary N) is 1. The van der Waals surface area contributed by atoms with Crippen LogP contribution in [0.25, 0.3) is 22.0 Å². The molecule has 0 unspecified atom stereocenters. The molecule has 0 aliphatic heterocycles. The molecule has 10 nitrogen and oxygen atoms in total. The molecule has 0 atom stereocenters. The second-order valence-corrected chi connectivity index (χ2v) is 8.10. The number of aromatic nitrogens is 2. The molecule has 2 heterocycles. The first-order valence-electron chi connectivity index (χ1n) is 10.8. The molecule has 4 rings (SSSR count). The van der Waals surface area contributed by atoms with E-state index < -0.39 is 24.0 Å². The molecule has 0 radical (unpaired) electrons. The highest BCUT2D eigenvalue weighted by Gasteiger charge is 2.38. The second kappa shape index (κ2) is 10.6. The minimum Gasteiger partial charge on any atom is -0.478 e. The van der Waals surface area contributed by atoms with Crippen LogP contribution in [0.3, 0.4) is 0 Å². The number of halogens is 3. The van der Waals surface area contributed by atoms with E-state index >= 15 is 0 Å². The smallest absolute Gasteiger partial charge is 0.478 e. The Morgan fingerprint density at radius 1 is 1.00 bits per heavy atom. The summed E-state index contributed by atoms with van der Waals surface area (Å²) in [5, 5.41) is 24.4. The Labute approximate surface area is 212 Å². The molecule has 0 fully saturated rings. The molecular weight excluding hydrogens is 509 g/mol. The lowest BCUT2D eigenvalue weighted by atomic mass is 10.0. The number of amides is 1. The number of fused-ring (bicyclic) bond motifs is 1. The minimum absolute atomic E-state index is 0.171. The van der Waals surface area contributed by atoms with Crippen LogP contribution in [0, 0.1) is 20.8 Å². The van der Waals surface area contributed by atoms with Crippen LogP contribution in [-0.2, 0) is 4.79 Å². The van der Waals surface area contributed by atoms with Crippen molar-refractivity contribution in [3.8, 4) is 11.1 Å². The highest BCUT2D eigenvalue weighted by molar-refractivity contribution is 6.08. The van der Waals surface area contributed by atoms with E-state index in [1.807, 2.05) is 32.0 Å². The quantitative estimate of drug-likeness (QED) is 0.278. The topological polar surface area (TPSA) is 169 Å². The summed E-state index contributed by atoms with van der Waals surface area (Å²) in [6, 6.07) is 10.6. The minimum atomic E-state index is -5.08. The van der Waals surface area contributed by atoms with Gasteiger partial charge in [-0.2, -0.15) is 13.2 Å². The number of carbonyl (C=O) groups excluding carboxylic acids is 1. The van der Waals surface area contributed by atoms with Crippen LogP contribution in [0.4, 0.5) is 24.5 Å². The molecule has 13 heteroatoms. The number of alkyl halides is 3. The van der Waals surface area contributed by atoms with Crippen LogP contribution in [0.5, 0.6) is 0 Å². The molecule has 0 saturated heterocycles. The van der Waals surface area contributed by atoms with E-state index in [1.54, 1.807) is 19.1 Å². The third-order valence-corrected chi connectivity index (χ3v) is 5.44. The Kier molecular flexibility index (Phi) is 7.70. The number of rotatable bonds is 5. The molecule has 2 aromatic carbocycles. The number of carbonyl (C=O) groups is 3. The van der Waals surface area contributed by atoms with Gasteiger partial charge < -0.3 is 25.8 Å². The maximum Gasteiger partial charge on any atom is 0.490 e. The molecule has 38 heavy (non-hydrogen) atoms. The van der Waals surface area contributed by atoms with Gasteiger partial charge in [0.2, 0.25) is 0 Å². The van der Waals surface area contributed by atoms with Gasteiger partial charge in [0, 0.05) is 22.8 Å². The third kappa shape index (κ3) is 5.88. The summed E-state index contributed by atoms with van der Waals surface area (Å²) in [4.78, 5) is 36.9. The van der Waals surface area contributed by atoms with Gasteiger partial charge in [-0.3, -0.25) is 9.78 Å². The number of hydrogen-bond acceptors (Lipinski definition) is 7. The Hall–Kier alpha value is -4.94. The number of nitrogens with zero attached hydrogens (tertiary/aromatic N) is 2. The number of anilines is 2. The largest absolute Gasteiger partial charge is 0.490 e. The number of aryl methyl sites for hydroxylation is 3. The molecule has 4 aromatic rings. The summed E-state index contributed by atoms with van der Waals surface area (Å²) in [5.74, 6) is -3.73. The molecule has 0 aliphatic rings. The molecule has 5 N–H and O–H groups in total. The van der Waals surface area contributed by atoms with E-state index in [0.29, 0.717) is 33.6 Å². The van der Waals surface area contributed by atoms with Gasteiger partial charge in [0.1, 0.15) is 5.76 Å². The summed E-state index contributed by atoms with van der Waals surface area (Å²) < 4.78 is 37.0. The number of primary amides is 1. The normalized spacial score (nSPS) is 11.0. The van der Waals surface area contributed by atoms with E-state index in [-0.39, 0.29) is 11.1 Å². The molecule has 0 bridgehead atoms. The van der Waals surface area contributed by atoms with Crippen molar-refractivity contribution in [2.45, 2.75) is 26.9 Å². The van der Waals surface area contributed by atoms with Crippen molar-refractivity contribution in [2.75, 3.05) is 5.32 Å². The molecule has 2 aromatic heterocycles. The standard InChI is InChI=1S/C23H20N4O4.C2HF3O2/c1-11-4-6-15(9-17(11)23(29)30)26-21-16-7-5-14(20-12(2)27-31-13(20)3)8-19(16)25-10-18(21)22(24)28;3-2(4,5)1(6)7/h4-10H,1-3H3,(H2,24,28)(H,25,26)(H,29,30);(H,6,7). The number of aliphatic carboxylic acids is 1. The average Bonchev–Trinajstić information content (AvgIpc) is 3.17. The monoisotopic (exact) mass is 530 g/mol. The summed E-state index contributed by atoms with van der Waals surface area (Å²) in [5.41, 5.74) is 10.7. The zero-order chi connectivity index (χ0) is 28.4. The maximum absolute atomic E-state index is 12.1. The summed E-state index contributed by atoms with van der Waals surface area (Å²) >= 11 is 0. The fraction of sp³-hybridized carbons (Fsp3) is 0.160. The summed E-state index contributed by atoms with van der Waals surface area (Å²) in [7, 11) is 0. The Balaban J connectivity index is 0.000000505. The lowest BCUT2D eigenvalue weighted by molar-refractivity contribution is -0.192. The fourth-order valence-electron chi connectivity index (χ4n) is 3.64. The number of benzene rings is 2. The number of aromatic carboxylic acids is 1. The predicted molar refractivity (Wildman–Crippen MR) is 130 cm³/mol. The predicted octanol–water partition coefficient (Wildman–Crippen LogP) is 4.99. The van der Waals surface area contributed by atoms with Crippen LogP contribution in [0.2, 0.25) is 0 Å². The van der Waals surface area contributed by atoms with Gasteiger partial charge in [-0.1, -0.05) is 23.4 Å². The lowest BCUT2D eigenvalue weighted by Crippen LogP contribution is -2.21. The zero-order valence-electron chi connectivity index (χ0n) is 20.2. The van der Waals surface area contributed by atoms with Gasteiger partial charge in [-0.15, -0.1) is 0 Å². The van der Waals surface area contributed by atoms with E-state index in [2.05, 4.69) is 15.5 Å². The van der Waals surface area contributed by atoms with Gasteiger partial charge in [-0.05, 0) is 50.1 Å². The van der Waals surface area contributed by atoms with E-state index in [0.717, 1.165) is 16.8 Å². The Morgan fingerprint density at radius 2 is 1.66 bits per heavy atom. The van der Waals surface area contributed by atoms with Crippen molar-refractivity contribution in [3.63, 3.8) is 0 Å².